The van der Waals surface area contributed by atoms with Crippen molar-refractivity contribution in [3.05, 3.63) is 65.3 Å². The number of para-hydroxylation sites is 1. The molecule has 5 rings (SSSR count). The van der Waals surface area contributed by atoms with Crippen molar-refractivity contribution in [3.63, 3.8) is 0 Å². The fourth-order valence-corrected chi connectivity index (χ4v) is 4.35. The third kappa shape index (κ3) is 3.86. The number of hydrogen-bond donors (Lipinski definition) is 1. The van der Waals surface area contributed by atoms with Gasteiger partial charge < -0.3 is 14.4 Å². The maximum Gasteiger partial charge on any atom is 0.277 e. The second kappa shape index (κ2) is 8.39. The number of nitrogens with zero attached hydrogens (tertiary/aromatic N) is 6. The molecule has 31 heavy (non-hydrogen) atoms. The van der Waals surface area contributed by atoms with Gasteiger partial charge in [-0.05, 0) is 37.6 Å². The van der Waals surface area contributed by atoms with Gasteiger partial charge in [-0.1, -0.05) is 18.2 Å². The number of aromatic hydroxyl groups is 1. The predicted octanol–water partition coefficient (Wildman–Crippen LogP) is 2.35. The van der Waals surface area contributed by atoms with Gasteiger partial charge in [0.25, 0.3) is 5.56 Å². The van der Waals surface area contributed by atoms with E-state index in [1.807, 2.05) is 36.4 Å². The SMILES string of the molecule is O=c1c2cc3ccccc3n2cc(O)n1CCCCN1CCN(c2ncccn2)CC1. The molecule has 4 heterocycles. The van der Waals surface area contributed by atoms with Crippen LogP contribution in [0.4, 0.5) is 5.95 Å². The average Bonchev–Trinajstić information content (AvgIpc) is 3.18. The Labute approximate surface area is 180 Å². The third-order valence-electron chi connectivity index (χ3n) is 6.05. The van der Waals surface area contributed by atoms with Gasteiger partial charge in [0.2, 0.25) is 11.8 Å². The lowest BCUT2D eigenvalue weighted by Crippen LogP contribution is -2.47. The first-order valence-corrected chi connectivity index (χ1v) is 10.8. The van der Waals surface area contributed by atoms with E-state index >= 15 is 0 Å². The molecule has 1 aliphatic rings. The van der Waals surface area contributed by atoms with Crippen LogP contribution in [-0.2, 0) is 6.54 Å². The zero-order chi connectivity index (χ0) is 21.2. The topological polar surface area (TPSA) is 78.9 Å². The molecule has 8 heteroatoms. The van der Waals surface area contributed by atoms with Crippen LogP contribution in [-0.4, -0.2) is 61.7 Å². The molecule has 0 radical (unpaired) electrons. The van der Waals surface area contributed by atoms with Gasteiger partial charge in [-0.25, -0.2) is 9.97 Å². The number of fused-ring (bicyclic) bond motifs is 3. The maximum absolute atomic E-state index is 12.9. The van der Waals surface area contributed by atoms with E-state index in [9.17, 15) is 9.90 Å². The molecule has 1 aromatic carbocycles. The monoisotopic (exact) mass is 418 g/mol. The quantitative estimate of drug-likeness (QED) is 0.484. The van der Waals surface area contributed by atoms with E-state index in [1.54, 1.807) is 23.0 Å². The van der Waals surface area contributed by atoms with E-state index in [2.05, 4.69) is 19.8 Å². The van der Waals surface area contributed by atoms with Crippen LogP contribution in [0.2, 0.25) is 0 Å². The van der Waals surface area contributed by atoms with Gasteiger partial charge in [0, 0.05) is 50.5 Å². The lowest BCUT2D eigenvalue weighted by Gasteiger charge is -2.34. The summed E-state index contributed by atoms with van der Waals surface area (Å²) in [5.41, 5.74) is 1.38. The Kier molecular flexibility index (Phi) is 5.30. The third-order valence-corrected chi connectivity index (χ3v) is 6.05. The second-order valence-electron chi connectivity index (χ2n) is 7.99. The molecule has 0 spiro atoms. The summed E-state index contributed by atoms with van der Waals surface area (Å²) in [6.45, 7) is 5.29. The van der Waals surface area contributed by atoms with Crippen LogP contribution in [0.1, 0.15) is 12.8 Å². The number of unbranched alkanes of at least 4 members (excludes halogenated alkanes) is 1. The van der Waals surface area contributed by atoms with Crippen LogP contribution in [0, 0.1) is 0 Å². The summed E-state index contributed by atoms with van der Waals surface area (Å²) in [7, 11) is 0. The molecule has 0 aliphatic carbocycles. The molecule has 1 N–H and O–H groups in total. The fourth-order valence-electron chi connectivity index (χ4n) is 4.35. The first-order valence-electron chi connectivity index (χ1n) is 10.8. The summed E-state index contributed by atoms with van der Waals surface area (Å²) >= 11 is 0. The van der Waals surface area contributed by atoms with Gasteiger partial charge in [-0.15, -0.1) is 0 Å². The Morgan fingerprint density at radius 2 is 1.65 bits per heavy atom. The Balaban J connectivity index is 1.18. The molecule has 0 atom stereocenters. The Bertz CT molecular complexity index is 1240. The van der Waals surface area contributed by atoms with E-state index in [1.165, 1.54) is 4.57 Å². The zero-order valence-corrected chi connectivity index (χ0v) is 17.4. The first kappa shape index (κ1) is 19.6. The standard InChI is InChI=1S/C23H26N6O2/c30-21-17-29-19-7-2-1-6-18(19)16-20(29)22(31)28(21)11-4-3-10-26-12-14-27(15-13-26)23-24-8-5-9-25-23/h1-2,5-9,16-17,30H,3-4,10-15H2. The molecule has 1 fully saturated rings. The van der Waals surface area contributed by atoms with Crippen molar-refractivity contribution < 1.29 is 5.11 Å². The minimum absolute atomic E-state index is 0.00956. The van der Waals surface area contributed by atoms with Crippen molar-refractivity contribution in [1.82, 2.24) is 23.8 Å². The van der Waals surface area contributed by atoms with Crippen molar-refractivity contribution in [2.75, 3.05) is 37.6 Å². The number of hydrogen-bond acceptors (Lipinski definition) is 6. The summed E-state index contributed by atoms with van der Waals surface area (Å²) in [6.07, 6.45) is 7.01. The number of aromatic nitrogens is 4. The van der Waals surface area contributed by atoms with E-state index < -0.39 is 0 Å². The van der Waals surface area contributed by atoms with Crippen molar-refractivity contribution in [1.29, 1.82) is 0 Å². The van der Waals surface area contributed by atoms with Crippen LogP contribution in [0.3, 0.4) is 0 Å². The van der Waals surface area contributed by atoms with Gasteiger partial charge in [-0.3, -0.25) is 14.3 Å². The molecule has 0 amide bonds. The molecule has 1 aliphatic heterocycles. The molecule has 4 aromatic rings. The highest BCUT2D eigenvalue weighted by Crippen LogP contribution is 2.20. The van der Waals surface area contributed by atoms with Crippen molar-refractivity contribution in [2.45, 2.75) is 19.4 Å². The van der Waals surface area contributed by atoms with E-state index in [0.29, 0.717) is 12.1 Å². The first-order chi connectivity index (χ1) is 15.2. The van der Waals surface area contributed by atoms with E-state index in [-0.39, 0.29) is 11.4 Å². The van der Waals surface area contributed by atoms with E-state index in [4.69, 9.17) is 0 Å². The smallest absolute Gasteiger partial charge is 0.277 e. The number of anilines is 1. The second-order valence-corrected chi connectivity index (χ2v) is 7.99. The highest BCUT2D eigenvalue weighted by molar-refractivity contribution is 5.86. The molecular weight excluding hydrogens is 392 g/mol. The molecular formula is C23H26N6O2. The maximum atomic E-state index is 12.9. The number of benzene rings is 1. The molecule has 0 bridgehead atoms. The molecule has 1 saturated heterocycles. The molecule has 0 saturated carbocycles. The van der Waals surface area contributed by atoms with Crippen molar-refractivity contribution in [2.24, 2.45) is 0 Å². The molecule has 0 unspecified atom stereocenters. The van der Waals surface area contributed by atoms with Crippen LogP contribution in [0.5, 0.6) is 5.88 Å². The highest BCUT2D eigenvalue weighted by atomic mass is 16.3. The van der Waals surface area contributed by atoms with E-state index in [0.717, 1.165) is 62.4 Å². The largest absolute Gasteiger partial charge is 0.493 e. The summed E-state index contributed by atoms with van der Waals surface area (Å²) in [5.74, 6) is 0.806. The fraction of sp³-hybridized carbons (Fsp3) is 0.348. The molecule has 160 valence electrons. The highest BCUT2D eigenvalue weighted by Gasteiger charge is 2.18. The average molecular weight is 419 g/mol. The van der Waals surface area contributed by atoms with Crippen molar-refractivity contribution in [3.8, 4) is 5.88 Å². The minimum atomic E-state index is -0.146. The molecule has 8 nitrogen and oxygen atoms in total. The molecule has 3 aromatic heterocycles. The normalized spacial score (nSPS) is 15.2. The Morgan fingerprint density at radius 1 is 0.903 bits per heavy atom. The minimum Gasteiger partial charge on any atom is -0.493 e. The lowest BCUT2D eigenvalue weighted by molar-refractivity contribution is 0.249. The van der Waals surface area contributed by atoms with Gasteiger partial charge >= 0.3 is 0 Å². The Morgan fingerprint density at radius 3 is 2.45 bits per heavy atom. The Hall–Kier alpha value is -3.39. The van der Waals surface area contributed by atoms with Gasteiger partial charge in [0.15, 0.2) is 0 Å². The van der Waals surface area contributed by atoms with Crippen LogP contribution in [0.25, 0.3) is 16.4 Å². The summed E-state index contributed by atoms with van der Waals surface area (Å²) in [5, 5.41) is 11.5. The van der Waals surface area contributed by atoms with Gasteiger partial charge in [0.05, 0.1) is 11.7 Å². The summed E-state index contributed by atoms with van der Waals surface area (Å²) < 4.78 is 3.26. The lowest BCUT2D eigenvalue weighted by atomic mass is 10.2. The van der Waals surface area contributed by atoms with Crippen LogP contribution in [0.15, 0.2) is 59.8 Å². The van der Waals surface area contributed by atoms with Gasteiger partial charge in [0.1, 0.15) is 5.52 Å². The number of rotatable bonds is 6. The van der Waals surface area contributed by atoms with Crippen LogP contribution < -0.4 is 10.5 Å². The number of piperazine rings is 1. The summed E-state index contributed by atoms with van der Waals surface area (Å²) in [4.78, 5) is 26.2. The summed E-state index contributed by atoms with van der Waals surface area (Å²) in [6, 6.07) is 11.5. The van der Waals surface area contributed by atoms with Gasteiger partial charge in [-0.2, -0.15) is 0 Å². The predicted molar refractivity (Wildman–Crippen MR) is 121 cm³/mol. The van der Waals surface area contributed by atoms with Crippen molar-refractivity contribution >= 4 is 22.4 Å². The zero-order valence-electron chi connectivity index (χ0n) is 17.4. The van der Waals surface area contributed by atoms with Crippen LogP contribution >= 0.6 is 0 Å².